The zero-order valence-electron chi connectivity index (χ0n) is 11.5. The number of aryl methyl sites for hydroxylation is 1. The Morgan fingerprint density at radius 1 is 1.48 bits per heavy atom. The van der Waals surface area contributed by atoms with Gasteiger partial charge < -0.3 is 9.88 Å². The van der Waals surface area contributed by atoms with E-state index in [4.69, 9.17) is 23.2 Å². The lowest BCUT2D eigenvalue weighted by Crippen LogP contribution is -2.23. The van der Waals surface area contributed by atoms with E-state index in [1.165, 1.54) is 11.8 Å². The third-order valence-corrected chi connectivity index (χ3v) is 4.40. The van der Waals surface area contributed by atoms with Gasteiger partial charge in [0.05, 0.1) is 16.0 Å². The molecule has 0 aliphatic heterocycles. The van der Waals surface area contributed by atoms with Crippen LogP contribution in [0.2, 0.25) is 10.0 Å². The maximum Gasteiger partial charge on any atom is 0.237 e. The van der Waals surface area contributed by atoms with Gasteiger partial charge in [0.25, 0.3) is 0 Å². The third kappa shape index (κ3) is 4.12. The molecule has 1 aromatic carbocycles. The van der Waals surface area contributed by atoms with Crippen LogP contribution in [0.25, 0.3) is 0 Å². The SMILES string of the molecule is CCn1cnnc1S[C@H](C)C(=O)Nc1ccc(Cl)cc1Cl. The van der Waals surface area contributed by atoms with E-state index in [1.807, 2.05) is 11.5 Å². The summed E-state index contributed by atoms with van der Waals surface area (Å²) in [7, 11) is 0. The summed E-state index contributed by atoms with van der Waals surface area (Å²) in [6, 6.07) is 4.94. The fourth-order valence-corrected chi connectivity index (χ4v) is 2.93. The Morgan fingerprint density at radius 3 is 2.90 bits per heavy atom. The monoisotopic (exact) mass is 344 g/mol. The number of thioether (sulfide) groups is 1. The largest absolute Gasteiger partial charge is 0.324 e. The van der Waals surface area contributed by atoms with Crippen LogP contribution < -0.4 is 5.32 Å². The third-order valence-electron chi connectivity index (χ3n) is 2.76. The number of halogens is 2. The van der Waals surface area contributed by atoms with Crippen LogP contribution in [-0.2, 0) is 11.3 Å². The van der Waals surface area contributed by atoms with Gasteiger partial charge >= 0.3 is 0 Å². The molecule has 1 aromatic heterocycles. The molecule has 0 aliphatic carbocycles. The van der Waals surface area contributed by atoms with Crippen molar-refractivity contribution in [3.8, 4) is 0 Å². The fourth-order valence-electron chi connectivity index (χ4n) is 1.59. The number of rotatable bonds is 5. The number of hydrogen-bond acceptors (Lipinski definition) is 4. The quantitative estimate of drug-likeness (QED) is 0.839. The molecule has 0 spiro atoms. The lowest BCUT2D eigenvalue weighted by atomic mass is 10.3. The first-order chi connectivity index (χ1) is 10.0. The Hall–Kier alpha value is -1.24. The van der Waals surface area contributed by atoms with Crippen molar-refractivity contribution in [3.05, 3.63) is 34.6 Å². The Morgan fingerprint density at radius 2 is 2.24 bits per heavy atom. The summed E-state index contributed by atoms with van der Waals surface area (Å²) in [5, 5.41) is 11.9. The molecule has 5 nitrogen and oxygen atoms in total. The topological polar surface area (TPSA) is 59.8 Å². The maximum absolute atomic E-state index is 12.2. The number of carbonyl (C=O) groups is 1. The van der Waals surface area contributed by atoms with Gasteiger partial charge in [0.1, 0.15) is 6.33 Å². The van der Waals surface area contributed by atoms with Crippen molar-refractivity contribution in [2.24, 2.45) is 0 Å². The van der Waals surface area contributed by atoms with Gasteiger partial charge in [-0.2, -0.15) is 0 Å². The molecule has 0 radical (unpaired) electrons. The van der Waals surface area contributed by atoms with Gasteiger partial charge in [-0.05, 0) is 32.0 Å². The second-order valence-corrected chi connectivity index (χ2v) is 6.42. The highest BCUT2D eigenvalue weighted by molar-refractivity contribution is 8.00. The Balaban J connectivity index is 2.02. The molecule has 0 saturated heterocycles. The van der Waals surface area contributed by atoms with Crippen LogP contribution >= 0.6 is 35.0 Å². The van der Waals surface area contributed by atoms with E-state index >= 15 is 0 Å². The average molecular weight is 345 g/mol. The van der Waals surface area contributed by atoms with Gasteiger partial charge in [-0.3, -0.25) is 4.79 Å². The first kappa shape index (κ1) is 16.1. The minimum atomic E-state index is -0.328. The molecular weight excluding hydrogens is 331 g/mol. The summed E-state index contributed by atoms with van der Waals surface area (Å²) in [6.45, 7) is 4.55. The highest BCUT2D eigenvalue weighted by Gasteiger charge is 2.18. The van der Waals surface area contributed by atoms with Crippen molar-refractivity contribution in [3.63, 3.8) is 0 Å². The lowest BCUT2D eigenvalue weighted by molar-refractivity contribution is -0.115. The molecule has 0 fully saturated rings. The second kappa shape index (κ2) is 7.15. The number of amides is 1. The van der Waals surface area contributed by atoms with Crippen LogP contribution in [0.4, 0.5) is 5.69 Å². The minimum absolute atomic E-state index is 0.158. The van der Waals surface area contributed by atoms with Crippen molar-refractivity contribution in [2.45, 2.75) is 30.8 Å². The number of hydrogen-bond donors (Lipinski definition) is 1. The highest BCUT2D eigenvalue weighted by atomic mass is 35.5. The standard InChI is InChI=1S/C13H14Cl2N4OS/c1-3-19-7-16-18-13(19)21-8(2)12(20)17-11-5-4-9(14)6-10(11)15/h4-8H,3H2,1-2H3,(H,17,20)/t8-/m1/s1. The van der Waals surface area contributed by atoms with E-state index < -0.39 is 0 Å². The number of anilines is 1. The van der Waals surface area contributed by atoms with Gasteiger partial charge in [0, 0.05) is 11.6 Å². The van der Waals surface area contributed by atoms with E-state index in [2.05, 4.69) is 15.5 Å². The van der Waals surface area contributed by atoms with E-state index in [-0.39, 0.29) is 11.2 Å². The van der Waals surface area contributed by atoms with Crippen LogP contribution in [0.3, 0.4) is 0 Å². The smallest absolute Gasteiger partial charge is 0.237 e. The second-order valence-electron chi connectivity index (χ2n) is 4.27. The van der Waals surface area contributed by atoms with Crippen molar-refractivity contribution < 1.29 is 4.79 Å². The molecule has 2 rings (SSSR count). The molecule has 1 amide bonds. The normalized spacial score (nSPS) is 12.2. The molecule has 0 saturated carbocycles. The first-order valence-electron chi connectivity index (χ1n) is 6.31. The molecule has 0 aliphatic rings. The van der Waals surface area contributed by atoms with Crippen LogP contribution in [0.1, 0.15) is 13.8 Å². The maximum atomic E-state index is 12.2. The van der Waals surface area contributed by atoms with Crippen molar-refractivity contribution in [2.75, 3.05) is 5.32 Å². The molecule has 2 aromatic rings. The Bertz CT molecular complexity index is 647. The molecule has 21 heavy (non-hydrogen) atoms. The molecule has 1 N–H and O–H groups in total. The summed E-state index contributed by atoms with van der Waals surface area (Å²) in [4.78, 5) is 12.2. The predicted molar refractivity (Wildman–Crippen MR) is 86.1 cm³/mol. The Labute approximate surface area is 137 Å². The average Bonchev–Trinajstić information content (AvgIpc) is 2.89. The van der Waals surface area contributed by atoms with Gasteiger partial charge in [-0.25, -0.2) is 0 Å². The zero-order chi connectivity index (χ0) is 15.4. The number of nitrogens with one attached hydrogen (secondary N) is 1. The van der Waals surface area contributed by atoms with Crippen LogP contribution in [0.5, 0.6) is 0 Å². The van der Waals surface area contributed by atoms with Crippen LogP contribution in [-0.4, -0.2) is 25.9 Å². The molecular formula is C13H14Cl2N4OS. The summed E-state index contributed by atoms with van der Waals surface area (Å²) in [5.74, 6) is -0.158. The molecule has 1 atom stereocenters. The van der Waals surface area contributed by atoms with Gasteiger partial charge in [0.2, 0.25) is 5.91 Å². The number of carbonyl (C=O) groups excluding carboxylic acids is 1. The van der Waals surface area contributed by atoms with E-state index in [1.54, 1.807) is 31.5 Å². The van der Waals surface area contributed by atoms with Crippen molar-refractivity contribution in [1.82, 2.24) is 14.8 Å². The van der Waals surface area contributed by atoms with Crippen molar-refractivity contribution >= 4 is 46.6 Å². The minimum Gasteiger partial charge on any atom is -0.324 e. The number of nitrogens with zero attached hydrogens (tertiary/aromatic N) is 3. The summed E-state index contributed by atoms with van der Waals surface area (Å²) in [5.41, 5.74) is 0.537. The molecule has 8 heteroatoms. The van der Waals surface area contributed by atoms with Gasteiger partial charge in [0.15, 0.2) is 5.16 Å². The van der Waals surface area contributed by atoms with E-state index in [0.29, 0.717) is 20.9 Å². The highest BCUT2D eigenvalue weighted by Crippen LogP contribution is 2.27. The van der Waals surface area contributed by atoms with E-state index in [9.17, 15) is 4.79 Å². The molecule has 1 heterocycles. The summed E-state index contributed by atoms with van der Waals surface area (Å²) < 4.78 is 1.88. The Kier molecular flexibility index (Phi) is 5.50. The van der Waals surface area contributed by atoms with Crippen molar-refractivity contribution in [1.29, 1.82) is 0 Å². The summed E-state index contributed by atoms with van der Waals surface area (Å²) >= 11 is 13.2. The van der Waals surface area contributed by atoms with Crippen LogP contribution in [0.15, 0.2) is 29.7 Å². The molecule has 0 unspecified atom stereocenters. The van der Waals surface area contributed by atoms with Gasteiger partial charge in [-0.15, -0.1) is 10.2 Å². The zero-order valence-corrected chi connectivity index (χ0v) is 13.8. The first-order valence-corrected chi connectivity index (χ1v) is 7.95. The number of benzene rings is 1. The predicted octanol–water partition coefficient (Wildman–Crippen LogP) is 3.72. The number of aromatic nitrogens is 3. The summed E-state index contributed by atoms with van der Waals surface area (Å²) in [6.07, 6.45) is 1.64. The van der Waals surface area contributed by atoms with Crippen LogP contribution in [0, 0.1) is 0 Å². The lowest BCUT2D eigenvalue weighted by Gasteiger charge is -2.12. The van der Waals surface area contributed by atoms with E-state index in [0.717, 1.165) is 6.54 Å². The molecule has 112 valence electrons. The fraction of sp³-hybridized carbons (Fsp3) is 0.308. The molecule has 0 bridgehead atoms. The van der Waals surface area contributed by atoms with Gasteiger partial charge in [-0.1, -0.05) is 35.0 Å².